The Morgan fingerprint density at radius 2 is 2.15 bits per heavy atom. The number of nitrogens with two attached hydrogens (primary N) is 1. The Balaban J connectivity index is 2.08. The van der Waals surface area contributed by atoms with Crippen LogP contribution in [0, 0.1) is 0 Å². The van der Waals surface area contributed by atoms with Gasteiger partial charge < -0.3 is 15.4 Å². The molecule has 0 bridgehead atoms. The first-order valence-corrected chi connectivity index (χ1v) is 7.14. The molecule has 0 saturated carbocycles. The zero-order valence-electron chi connectivity index (χ0n) is 12.0. The van der Waals surface area contributed by atoms with Crippen molar-refractivity contribution in [3.63, 3.8) is 0 Å². The molecule has 20 heavy (non-hydrogen) atoms. The van der Waals surface area contributed by atoms with Gasteiger partial charge >= 0.3 is 0 Å². The van der Waals surface area contributed by atoms with Crippen molar-refractivity contribution >= 4 is 16.6 Å². The summed E-state index contributed by atoms with van der Waals surface area (Å²) < 4.78 is 5.45. The van der Waals surface area contributed by atoms with Gasteiger partial charge in [-0.25, -0.2) is 4.98 Å². The topological polar surface area (TPSA) is 51.4 Å². The van der Waals surface area contributed by atoms with Crippen LogP contribution in [-0.2, 0) is 0 Å². The summed E-state index contributed by atoms with van der Waals surface area (Å²) in [5.74, 6) is 1.94. The van der Waals surface area contributed by atoms with Crippen LogP contribution in [0.1, 0.15) is 19.8 Å². The third-order valence-electron chi connectivity index (χ3n) is 4.15. The first-order valence-electron chi connectivity index (χ1n) is 7.14. The Bertz CT molecular complexity index is 614. The highest BCUT2D eigenvalue weighted by atomic mass is 16.5. The summed E-state index contributed by atoms with van der Waals surface area (Å²) >= 11 is 0. The number of benzene rings is 1. The van der Waals surface area contributed by atoms with Gasteiger partial charge in [-0.05, 0) is 31.9 Å². The first kappa shape index (κ1) is 13.2. The van der Waals surface area contributed by atoms with Crippen LogP contribution in [0.4, 0.5) is 5.82 Å². The summed E-state index contributed by atoms with van der Waals surface area (Å²) in [7, 11) is 1.71. The molecule has 0 spiro atoms. The number of aromatic nitrogens is 1. The fourth-order valence-corrected chi connectivity index (χ4v) is 3.09. The van der Waals surface area contributed by atoms with E-state index in [1.165, 1.54) is 0 Å². The third-order valence-corrected chi connectivity index (χ3v) is 4.15. The van der Waals surface area contributed by atoms with Crippen molar-refractivity contribution in [3.05, 3.63) is 30.5 Å². The molecule has 1 aliphatic heterocycles. The normalized spacial score (nSPS) is 23.1. The molecule has 2 N–H and O–H groups in total. The molecular weight excluding hydrogens is 250 g/mol. The molecule has 1 aromatic heterocycles. The maximum absolute atomic E-state index is 6.06. The van der Waals surface area contributed by atoms with Crippen molar-refractivity contribution in [2.75, 3.05) is 18.6 Å². The van der Waals surface area contributed by atoms with Gasteiger partial charge in [0.2, 0.25) is 0 Å². The van der Waals surface area contributed by atoms with E-state index in [0.717, 1.165) is 41.7 Å². The van der Waals surface area contributed by atoms with Crippen LogP contribution in [0.3, 0.4) is 0 Å². The molecule has 4 nitrogen and oxygen atoms in total. The highest BCUT2D eigenvalue weighted by molar-refractivity contribution is 5.96. The summed E-state index contributed by atoms with van der Waals surface area (Å²) in [5, 5.41) is 2.26. The molecular formula is C16H21N3O. The lowest BCUT2D eigenvalue weighted by atomic mass is 9.98. The number of ether oxygens (including phenoxy) is 1. The minimum Gasteiger partial charge on any atom is -0.496 e. The number of piperidine rings is 1. The molecule has 1 aliphatic rings. The molecule has 0 aliphatic carbocycles. The molecule has 2 aromatic rings. The van der Waals surface area contributed by atoms with E-state index in [1.807, 2.05) is 24.4 Å². The number of hydrogen-bond donors (Lipinski definition) is 1. The summed E-state index contributed by atoms with van der Waals surface area (Å²) in [6.07, 6.45) is 3.90. The Labute approximate surface area is 119 Å². The van der Waals surface area contributed by atoms with Crippen molar-refractivity contribution in [3.8, 4) is 5.75 Å². The zero-order chi connectivity index (χ0) is 14.1. The third kappa shape index (κ3) is 2.20. The quantitative estimate of drug-likeness (QED) is 0.912. The van der Waals surface area contributed by atoms with Crippen molar-refractivity contribution in [2.45, 2.75) is 31.8 Å². The molecule has 3 rings (SSSR count). The monoisotopic (exact) mass is 271 g/mol. The smallest absolute Gasteiger partial charge is 0.136 e. The van der Waals surface area contributed by atoms with Gasteiger partial charge in [0.25, 0.3) is 0 Å². The number of methoxy groups -OCH3 is 1. The Hall–Kier alpha value is -1.81. The lowest BCUT2D eigenvalue weighted by Gasteiger charge is -2.37. The van der Waals surface area contributed by atoms with E-state index >= 15 is 0 Å². The van der Waals surface area contributed by atoms with Gasteiger partial charge in [-0.15, -0.1) is 0 Å². The number of fused-ring (bicyclic) bond motifs is 1. The maximum Gasteiger partial charge on any atom is 0.136 e. The lowest BCUT2D eigenvalue weighted by molar-refractivity contribution is 0.419. The SMILES string of the molecule is COc1cccc2c(N3CCC(N)CC3C)nccc12. The highest BCUT2D eigenvalue weighted by Gasteiger charge is 2.25. The number of anilines is 1. The molecule has 2 atom stereocenters. The average molecular weight is 271 g/mol. The number of hydrogen-bond acceptors (Lipinski definition) is 4. The Kier molecular flexibility index (Phi) is 3.49. The van der Waals surface area contributed by atoms with Gasteiger partial charge in [0.15, 0.2) is 0 Å². The second-order valence-electron chi connectivity index (χ2n) is 5.52. The fourth-order valence-electron chi connectivity index (χ4n) is 3.09. The molecule has 1 aromatic carbocycles. The molecule has 2 heterocycles. The fraction of sp³-hybridized carbons (Fsp3) is 0.438. The van der Waals surface area contributed by atoms with E-state index < -0.39 is 0 Å². The summed E-state index contributed by atoms with van der Waals surface area (Å²) in [5.41, 5.74) is 6.06. The van der Waals surface area contributed by atoms with Crippen molar-refractivity contribution in [2.24, 2.45) is 5.73 Å². The van der Waals surface area contributed by atoms with Gasteiger partial charge in [-0.2, -0.15) is 0 Å². The molecule has 1 fully saturated rings. The summed E-state index contributed by atoms with van der Waals surface area (Å²) in [6.45, 7) is 3.19. The zero-order valence-corrected chi connectivity index (χ0v) is 12.0. The number of rotatable bonds is 2. The van der Waals surface area contributed by atoms with Crippen molar-refractivity contribution in [1.82, 2.24) is 4.98 Å². The van der Waals surface area contributed by atoms with Gasteiger partial charge in [0, 0.05) is 35.6 Å². The lowest BCUT2D eigenvalue weighted by Crippen LogP contribution is -2.46. The van der Waals surface area contributed by atoms with Crippen LogP contribution < -0.4 is 15.4 Å². The molecule has 106 valence electrons. The predicted molar refractivity (Wildman–Crippen MR) is 82.3 cm³/mol. The molecule has 2 unspecified atom stereocenters. The van der Waals surface area contributed by atoms with Crippen LogP contribution >= 0.6 is 0 Å². The van der Waals surface area contributed by atoms with E-state index in [-0.39, 0.29) is 0 Å². The second kappa shape index (κ2) is 5.29. The van der Waals surface area contributed by atoms with Gasteiger partial charge in [0.05, 0.1) is 7.11 Å². The first-order chi connectivity index (χ1) is 9.70. The van der Waals surface area contributed by atoms with Gasteiger partial charge in [-0.3, -0.25) is 0 Å². The number of pyridine rings is 1. The highest BCUT2D eigenvalue weighted by Crippen LogP contribution is 2.33. The van der Waals surface area contributed by atoms with Crippen LogP contribution in [0.15, 0.2) is 30.5 Å². The minimum atomic E-state index is 0.311. The van der Waals surface area contributed by atoms with Gasteiger partial charge in [-0.1, -0.05) is 12.1 Å². The van der Waals surface area contributed by atoms with Gasteiger partial charge in [0.1, 0.15) is 11.6 Å². The molecule has 0 radical (unpaired) electrons. The van der Waals surface area contributed by atoms with Crippen LogP contribution in [0.2, 0.25) is 0 Å². The maximum atomic E-state index is 6.06. The van der Waals surface area contributed by atoms with Crippen LogP contribution in [0.5, 0.6) is 5.75 Å². The van der Waals surface area contributed by atoms with E-state index in [1.54, 1.807) is 7.11 Å². The Morgan fingerprint density at radius 3 is 2.90 bits per heavy atom. The van der Waals surface area contributed by atoms with E-state index in [2.05, 4.69) is 22.9 Å². The van der Waals surface area contributed by atoms with E-state index in [0.29, 0.717) is 12.1 Å². The predicted octanol–water partition coefficient (Wildman–Crippen LogP) is 2.56. The van der Waals surface area contributed by atoms with Crippen LogP contribution in [-0.4, -0.2) is 30.7 Å². The van der Waals surface area contributed by atoms with Crippen LogP contribution in [0.25, 0.3) is 10.8 Å². The van der Waals surface area contributed by atoms with Crippen molar-refractivity contribution in [1.29, 1.82) is 0 Å². The summed E-state index contributed by atoms with van der Waals surface area (Å²) in [4.78, 5) is 6.98. The second-order valence-corrected chi connectivity index (χ2v) is 5.52. The molecule has 4 heteroatoms. The standard InChI is InChI=1S/C16H21N3O/c1-11-10-12(17)7-9-19(11)16-14-4-3-5-15(20-2)13(14)6-8-18-16/h3-6,8,11-12H,7,9-10,17H2,1-2H3. The average Bonchev–Trinajstić information content (AvgIpc) is 2.46. The van der Waals surface area contributed by atoms with E-state index in [4.69, 9.17) is 10.5 Å². The Morgan fingerprint density at radius 1 is 1.30 bits per heavy atom. The number of nitrogens with zero attached hydrogens (tertiary/aromatic N) is 2. The minimum absolute atomic E-state index is 0.311. The largest absolute Gasteiger partial charge is 0.496 e. The summed E-state index contributed by atoms with van der Waals surface area (Å²) in [6, 6.07) is 8.86. The van der Waals surface area contributed by atoms with Crippen molar-refractivity contribution < 1.29 is 4.74 Å². The van der Waals surface area contributed by atoms with E-state index in [9.17, 15) is 0 Å². The molecule has 1 saturated heterocycles. The molecule has 0 amide bonds.